The van der Waals surface area contributed by atoms with Crippen LogP contribution < -0.4 is 5.32 Å². The first-order chi connectivity index (χ1) is 12.7. The number of nitrogens with zero attached hydrogens (tertiary/aromatic N) is 1. The van der Waals surface area contributed by atoms with Crippen LogP contribution in [-0.4, -0.2) is 44.7 Å². The Labute approximate surface area is 168 Å². The fourth-order valence-electron chi connectivity index (χ4n) is 2.50. The number of carbonyl (C=O) groups excluding carboxylic acids is 2. The molecule has 8 heteroatoms. The lowest BCUT2D eigenvalue weighted by Gasteiger charge is -2.21. The standard InChI is InChI=1S/C19H22N2O4S2/c1-4-12(3)16(18(24)25)20-15(22)10-21-17(23)14(27-19(21)26)9-13-7-5-11(2)6-8-13/h5-9,12,16H,4,10H2,1-3H3,(H,20,22)(H,24,25)/b14-9+/t12-,16-/m1/s1. The lowest BCUT2D eigenvalue weighted by atomic mass is 9.99. The van der Waals surface area contributed by atoms with E-state index < -0.39 is 17.9 Å². The first-order valence-electron chi connectivity index (χ1n) is 8.57. The lowest BCUT2D eigenvalue weighted by Crippen LogP contribution is -2.49. The number of hydrogen-bond donors (Lipinski definition) is 2. The smallest absolute Gasteiger partial charge is 0.326 e. The van der Waals surface area contributed by atoms with Crippen LogP contribution in [0.1, 0.15) is 31.4 Å². The number of hydrogen-bond acceptors (Lipinski definition) is 5. The molecular formula is C19H22N2O4S2. The van der Waals surface area contributed by atoms with Gasteiger partial charge in [-0.05, 0) is 24.5 Å². The highest BCUT2D eigenvalue weighted by Crippen LogP contribution is 2.32. The van der Waals surface area contributed by atoms with Gasteiger partial charge in [0.15, 0.2) is 0 Å². The highest BCUT2D eigenvalue weighted by atomic mass is 32.2. The third kappa shape index (κ3) is 5.40. The molecule has 2 N–H and O–H groups in total. The van der Waals surface area contributed by atoms with Crippen LogP contribution >= 0.6 is 24.0 Å². The zero-order valence-corrected chi connectivity index (χ0v) is 17.0. The highest BCUT2D eigenvalue weighted by molar-refractivity contribution is 8.26. The van der Waals surface area contributed by atoms with Gasteiger partial charge < -0.3 is 10.4 Å². The van der Waals surface area contributed by atoms with Crippen molar-refractivity contribution in [1.82, 2.24) is 10.2 Å². The fourth-order valence-corrected chi connectivity index (χ4v) is 3.75. The lowest BCUT2D eigenvalue weighted by molar-refractivity contribution is -0.143. The van der Waals surface area contributed by atoms with E-state index in [1.54, 1.807) is 13.0 Å². The van der Waals surface area contributed by atoms with Crippen molar-refractivity contribution in [1.29, 1.82) is 0 Å². The van der Waals surface area contributed by atoms with E-state index in [9.17, 15) is 19.5 Å². The molecule has 0 radical (unpaired) electrons. The number of carboxylic acids is 1. The third-order valence-electron chi connectivity index (χ3n) is 4.35. The summed E-state index contributed by atoms with van der Waals surface area (Å²) < 4.78 is 0.281. The molecule has 0 saturated carbocycles. The molecule has 6 nitrogen and oxygen atoms in total. The second-order valence-corrected chi connectivity index (χ2v) is 8.12. The molecule has 1 aliphatic rings. The van der Waals surface area contributed by atoms with Gasteiger partial charge in [0.2, 0.25) is 5.91 Å². The van der Waals surface area contributed by atoms with Crippen LogP contribution in [0, 0.1) is 12.8 Å². The molecule has 144 valence electrons. The summed E-state index contributed by atoms with van der Waals surface area (Å²) in [7, 11) is 0. The zero-order chi connectivity index (χ0) is 20.1. The SMILES string of the molecule is CC[C@@H](C)[C@@H](NC(=O)CN1C(=O)/C(=C\c2ccc(C)cc2)SC1=S)C(=O)O. The van der Waals surface area contributed by atoms with Crippen LogP contribution in [-0.2, 0) is 14.4 Å². The van der Waals surface area contributed by atoms with E-state index in [0.29, 0.717) is 11.3 Å². The number of carbonyl (C=O) groups is 3. The van der Waals surface area contributed by atoms with E-state index in [1.807, 2.05) is 38.1 Å². The minimum atomic E-state index is -1.10. The molecule has 0 aromatic heterocycles. The average Bonchev–Trinajstić information content (AvgIpc) is 2.88. The van der Waals surface area contributed by atoms with Gasteiger partial charge in [0, 0.05) is 0 Å². The minimum Gasteiger partial charge on any atom is -0.480 e. The van der Waals surface area contributed by atoms with Gasteiger partial charge in [-0.25, -0.2) is 4.79 Å². The Balaban J connectivity index is 2.07. The summed E-state index contributed by atoms with van der Waals surface area (Å²) in [6.07, 6.45) is 2.34. The summed E-state index contributed by atoms with van der Waals surface area (Å²) in [6, 6.07) is 6.70. The predicted molar refractivity (Wildman–Crippen MR) is 110 cm³/mol. The number of benzene rings is 1. The molecule has 1 aromatic carbocycles. The van der Waals surface area contributed by atoms with Crippen LogP contribution in [0.3, 0.4) is 0 Å². The van der Waals surface area contributed by atoms with E-state index in [0.717, 1.165) is 22.9 Å². The van der Waals surface area contributed by atoms with Crippen molar-refractivity contribution in [2.45, 2.75) is 33.2 Å². The van der Waals surface area contributed by atoms with Crippen molar-refractivity contribution in [2.24, 2.45) is 5.92 Å². The summed E-state index contributed by atoms with van der Waals surface area (Å²) in [5.41, 5.74) is 1.99. The van der Waals surface area contributed by atoms with Crippen molar-refractivity contribution >= 4 is 52.2 Å². The van der Waals surface area contributed by atoms with Crippen LogP contribution in [0.4, 0.5) is 0 Å². The van der Waals surface area contributed by atoms with Gasteiger partial charge in [-0.3, -0.25) is 14.5 Å². The maximum absolute atomic E-state index is 12.6. The first-order valence-corrected chi connectivity index (χ1v) is 9.79. The van der Waals surface area contributed by atoms with Crippen LogP contribution in [0.5, 0.6) is 0 Å². The van der Waals surface area contributed by atoms with Crippen molar-refractivity contribution in [3.63, 3.8) is 0 Å². The molecule has 0 bridgehead atoms. The molecule has 1 heterocycles. The molecule has 1 aliphatic heterocycles. The number of aryl methyl sites for hydroxylation is 1. The number of carboxylic acid groups (broad SMARTS) is 1. The van der Waals surface area contributed by atoms with Crippen LogP contribution in [0.15, 0.2) is 29.2 Å². The Hall–Kier alpha value is -2.19. The molecule has 1 saturated heterocycles. The third-order valence-corrected chi connectivity index (χ3v) is 5.72. The summed E-state index contributed by atoms with van der Waals surface area (Å²) >= 11 is 6.35. The Morgan fingerprint density at radius 2 is 1.96 bits per heavy atom. The molecule has 27 heavy (non-hydrogen) atoms. The molecule has 0 spiro atoms. The van der Waals surface area contributed by atoms with Crippen molar-refractivity contribution in [2.75, 3.05) is 6.54 Å². The van der Waals surface area contributed by atoms with Gasteiger partial charge in [-0.15, -0.1) is 0 Å². The minimum absolute atomic E-state index is 0.223. The Kier molecular flexibility index (Phi) is 7.15. The van der Waals surface area contributed by atoms with E-state index in [-0.39, 0.29) is 22.7 Å². The zero-order valence-electron chi connectivity index (χ0n) is 15.4. The van der Waals surface area contributed by atoms with E-state index in [4.69, 9.17) is 12.2 Å². The van der Waals surface area contributed by atoms with Crippen molar-refractivity contribution < 1.29 is 19.5 Å². The van der Waals surface area contributed by atoms with Crippen LogP contribution in [0.25, 0.3) is 6.08 Å². The highest BCUT2D eigenvalue weighted by Gasteiger charge is 2.34. The van der Waals surface area contributed by atoms with Gasteiger partial charge in [-0.1, -0.05) is 74.1 Å². The number of amides is 2. The second kappa shape index (κ2) is 9.14. The Morgan fingerprint density at radius 3 is 2.52 bits per heavy atom. The molecule has 0 aliphatic carbocycles. The van der Waals surface area contributed by atoms with Crippen LogP contribution in [0.2, 0.25) is 0 Å². The quantitative estimate of drug-likeness (QED) is 0.535. The molecular weight excluding hydrogens is 384 g/mol. The molecule has 0 unspecified atom stereocenters. The summed E-state index contributed by atoms with van der Waals surface area (Å²) in [5.74, 6) is -2.21. The summed E-state index contributed by atoms with van der Waals surface area (Å²) in [4.78, 5) is 37.8. The van der Waals surface area contributed by atoms with E-state index in [1.165, 1.54) is 4.90 Å². The molecule has 2 amide bonds. The number of thiocarbonyl (C=S) groups is 1. The molecule has 1 fully saturated rings. The monoisotopic (exact) mass is 406 g/mol. The Morgan fingerprint density at radius 1 is 1.33 bits per heavy atom. The number of thioether (sulfide) groups is 1. The number of rotatable bonds is 7. The maximum atomic E-state index is 12.6. The number of aliphatic carboxylic acids is 1. The fraction of sp³-hybridized carbons (Fsp3) is 0.368. The van der Waals surface area contributed by atoms with Crippen molar-refractivity contribution in [3.05, 3.63) is 40.3 Å². The second-order valence-electron chi connectivity index (χ2n) is 6.45. The van der Waals surface area contributed by atoms with Gasteiger partial charge >= 0.3 is 5.97 Å². The summed E-state index contributed by atoms with van der Waals surface area (Å²) in [6.45, 7) is 5.29. The average molecular weight is 407 g/mol. The largest absolute Gasteiger partial charge is 0.480 e. The normalized spacial score (nSPS) is 17.9. The molecule has 1 aromatic rings. The number of nitrogens with one attached hydrogen (secondary N) is 1. The van der Waals surface area contributed by atoms with Gasteiger partial charge in [-0.2, -0.15) is 0 Å². The van der Waals surface area contributed by atoms with Gasteiger partial charge in [0.05, 0.1) is 4.91 Å². The molecule has 2 rings (SSSR count). The predicted octanol–water partition coefficient (Wildman–Crippen LogP) is 2.81. The van der Waals surface area contributed by atoms with Crippen molar-refractivity contribution in [3.8, 4) is 0 Å². The van der Waals surface area contributed by atoms with E-state index >= 15 is 0 Å². The first kappa shape index (κ1) is 21.1. The summed E-state index contributed by atoms with van der Waals surface area (Å²) in [5, 5.41) is 11.8. The van der Waals surface area contributed by atoms with Gasteiger partial charge in [0.1, 0.15) is 16.9 Å². The Bertz CT molecular complexity index is 789. The van der Waals surface area contributed by atoms with Gasteiger partial charge in [0.25, 0.3) is 5.91 Å². The van der Waals surface area contributed by atoms with E-state index in [2.05, 4.69) is 5.32 Å². The molecule has 2 atom stereocenters. The maximum Gasteiger partial charge on any atom is 0.326 e. The topological polar surface area (TPSA) is 86.7 Å².